The van der Waals surface area contributed by atoms with Crippen molar-refractivity contribution in [3.05, 3.63) is 70.6 Å². The fourth-order valence-corrected chi connectivity index (χ4v) is 4.15. The van der Waals surface area contributed by atoms with Gasteiger partial charge in [-0.1, -0.05) is 29.8 Å². The summed E-state index contributed by atoms with van der Waals surface area (Å²) in [5, 5.41) is 8.39. The van der Waals surface area contributed by atoms with Crippen LogP contribution in [-0.2, 0) is 13.0 Å². The number of H-pyrrole nitrogens is 1. The molecular formula is C23H28ClN5O. The van der Waals surface area contributed by atoms with E-state index in [4.69, 9.17) is 16.3 Å². The van der Waals surface area contributed by atoms with Crippen molar-refractivity contribution in [2.45, 2.75) is 25.3 Å². The molecule has 0 spiro atoms. The molecule has 0 amide bonds. The summed E-state index contributed by atoms with van der Waals surface area (Å²) in [6.07, 6.45) is 3.75. The van der Waals surface area contributed by atoms with Crippen LogP contribution in [0.2, 0.25) is 5.02 Å². The van der Waals surface area contributed by atoms with Crippen LogP contribution in [-0.4, -0.2) is 53.9 Å². The van der Waals surface area contributed by atoms with Crippen LogP contribution < -0.4 is 9.64 Å². The van der Waals surface area contributed by atoms with Crippen molar-refractivity contribution in [1.29, 1.82) is 0 Å². The van der Waals surface area contributed by atoms with E-state index < -0.39 is 0 Å². The lowest BCUT2D eigenvalue weighted by molar-refractivity contribution is 0.320. The number of nitrogens with one attached hydrogen (secondary N) is 1. The standard InChI is InChI=1S/C23H28ClN5O/c1-28(2)23-18(6-5-11-25-23)16-29-12-9-17(15-29)21-14-19(26-27-21)10-13-30-22-8-4-3-7-20(22)24/h3-8,11,14,17H,9-10,12-13,15-16H2,1-2H3,(H,26,27). The number of hydrogen-bond acceptors (Lipinski definition) is 5. The highest BCUT2D eigenvalue weighted by Gasteiger charge is 2.26. The number of aromatic amines is 1. The third-order valence-corrected chi connectivity index (χ3v) is 5.80. The molecule has 1 saturated heterocycles. The maximum atomic E-state index is 6.14. The normalized spacial score (nSPS) is 16.7. The summed E-state index contributed by atoms with van der Waals surface area (Å²) in [6, 6.07) is 13.9. The predicted octanol–water partition coefficient (Wildman–Crippen LogP) is 4.14. The lowest BCUT2D eigenvalue weighted by Gasteiger charge is -2.20. The maximum Gasteiger partial charge on any atom is 0.137 e. The van der Waals surface area contributed by atoms with Crippen molar-refractivity contribution in [3.8, 4) is 5.75 Å². The average Bonchev–Trinajstić information content (AvgIpc) is 3.39. The maximum absolute atomic E-state index is 6.14. The number of nitrogens with zero attached hydrogens (tertiary/aromatic N) is 4. The van der Waals surface area contributed by atoms with E-state index in [9.17, 15) is 0 Å². The van der Waals surface area contributed by atoms with E-state index in [0.29, 0.717) is 17.5 Å². The van der Waals surface area contributed by atoms with Crippen molar-refractivity contribution < 1.29 is 4.74 Å². The number of para-hydroxylation sites is 1. The first-order chi connectivity index (χ1) is 14.6. The van der Waals surface area contributed by atoms with Gasteiger partial charge in [0.05, 0.1) is 17.3 Å². The summed E-state index contributed by atoms with van der Waals surface area (Å²) in [5.41, 5.74) is 3.50. The first-order valence-corrected chi connectivity index (χ1v) is 10.7. The molecule has 4 rings (SSSR count). The van der Waals surface area contributed by atoms with Gasteiger partial charge in [-0.15, -0.1) is 0 Å². The van der Waals surface area contributed by atoms with Crippen LogP contribution in [0.5, 0.6) is 5.75 Å². The lowest BCUT2D eigenvalue weighted by atomic mass is 10.0. The van der Waals surface area contributed by atoms with Gasteiger partial charge in [0.1, 0.15) is 11.6 Å². The molecule has 1 unspecified atom stereocenters. The van der Waals surface area contributed by atoms with E-state index in [1.165, 1.54) is 5.56 Å². The van der Waals surface area contributed by atoms with Crippen LogP contribution in [0.25, 0.3) is 0 Å². The Hall–Kier alpha value is -2.57. The number of pyridine rings is 1. The molecule has 3 aromatic rings. The van der Waals surface area contributed by atoms with Gasteiger partial charge < -0.3 is 9.64 Å². The van der Waals surface area contributed by atoms with Crippen molar-refractivity contribution >= 4 is 17.4 Å². The molecule has 1 aliphatic heterocycles. The van der Waals surface area contributed by atoms with E-state index in [1.807, 2.05) is 50.6 Å². The van der Waals surface area contributed by atoms with Gasteiger partial charge in [0.15, 0.2) is 0 Å². The molecular weight excluding hydrogens is 398 g/mol. The van der Waals surface area contributed by atoms with Gasteiger partial charge in [-0.05, 0) is 37.2 Å². The molecule has 0 radical (unpaired) electrons. The Labute approximate surface area is 182 Å². The smallest absolute Gasteiger partial charge is 0.137 e. The fraction of sp³-hybridized carbons (Fsp3) is 0.391. The third-order valence-electron chi connectivity index (χ3n) is 5.49. The highest BCUT2D eigenvalue weighted by Crippen LogP contribution is 2.29. The highest BCUT2D eigenvalue weighted by atomic mass is 35.5. The molecule has 7 heteroatoms. The van der Waals surface area contributed by atoms with E-state index in [0.717, 1.165) is 55.4 Å². The van der Waals surface area contributed by atoms with Crippen molar-refractivity contribution in [3.63, 3.8) is 0 Å². The van der Waals surface area contributed by atoms with E-state index in [-0.39, 0.29) is 0 Å². The average molecular weight is 426 g/mol. The summed E-state index contributed by atoms with van der Waals surface area (Å²) in [4.78, 5) is 9.08. The predicted molar refractivity (Wildman–Crippen MR) is 120 cm³/mol. The minimum Gasteiger partial charge on any atom is -0.492 e. The van der Waals surface area contributed by atoms with E-state index in [1.54, 1.807) is 0 Å². The molecule has 0 aliphatic carbocycles. The number of anilines is 1. The Morgan fingerprint density at radius 2 is 2.10 bits per heavy atom. The number of rotatable bonds is 8. The Morgan fingerprint density at radius 1 is 1.23 bits per heavy atom. The van der Waals surface area contributed by atoms with Gasteiger partial charge in [-0.2, -0.15) is 5.10 Å². The zero-order valence-electron chi connectivity index (χ0n) is 17.5. The van der Waals surface area contributed by atoms with Crippen LogP contribution >= 0.6 is 11.6 Å². The number of likely N-dealkylation sites (tertiary alicyclic amines) is 1. The van der Waals surface area contributed by atoms with Crippen molar-refractivity contribution in [2.24, 2.45) is 0 Å². The molecule has 158 valence electrons. The number of halogens is 1. The van der Waals surface area contributed by atoms with Crippen LogP contribution in [0.4, 0.5) is 5.82 Å². The Bertz CT molecular complexity index is 973. The van der Waals surface area contributed by atoms with E-state index in [2.05, 4.69) is 37.1 Å². The summed E-state index contributed by atoms with van der Waals surface area (Å²) in [5.74, 6) is 2.22. The number of benzene rings is 1. The Morgan fingerprint density at radius 3 is 2.93 bits per heavy atom. The minimum atomic E-state index is 0.457. The monoisotopic (exact) mass is 425 g/mol. The molecule has 1 N–H and O–H groups in total. The molecule has 2 aromatic heterocycles. The SMILES string of the molecule is CN(C)c1ncccc1CN1CCC(c2cc(CCOc3ccccc3Cl)[nH]n2)C1. The summed E-state index contributed by atoms with van der Waals surface area (Å²) in [6.45, 7) is 3.57. The minimum absolute atomic E-state index is 0.457. The molecule has 6 nitrogen and oxygen atoms in total. The van der Waals surface area contributed by atoms with Crippen LogP contribution in [0.3, 0.4) is 0 Å². The number of aromatic nitrogens is 3. The van der Waals surface area contributed by atoms with Gasteiger partial charge in [-0.3, -0.25) is 10.00 Å². The highest BCUT2D eigenvalue weighted by molar-refractivity contribution is 6.32. The largest absolute Gasteiger partial charge is 0.492 e. The first-order valence-electron chi connectivity index (χ1n) is 10.3. The van der Waals surface area contributed by atoms with Crippen LogP contribution in [0.15, 0.2) is 48.7 Å². The fourth-order valence-electron chi connectivity index (χ4n) is 3.96. The number of hydrogen-bond donors (Lipinski definition) is 1. The molecule has 30 heavy (non-hydrogen) atoms. The lowest BCUT2D eigenvalue weighted by Crippen LogP contribution is -2.22. The third kappa shape index (κ3) is 4.94. The quantitative estimate of drug-likeness (QED) is 0.588. The zero-order valence-corrected chi connectivity index (χ0v) is 18.3. The molecule has 1 aliphatic rings. The first kappa shape index (κ1) is 20.7. The summed E-state index contributed by atoms with van der Waals surface area (Å²) >= 11 is 6.14. The summed E-state index contributed by atoms with van der Waals surface area (Å²) in [7, 11) is 4.08. The molecule has 1 aromatic carbocycles. The van der Waals surface area contributed by atoms with Gasteiger partial charge in [0.25, 0.3) is 0 Å². The van der Waals surface area contributed by atoms with Crippen LogP contribution in [0, 0.1) is 0 Å². The molecule has 1 atom stereocenters. The Balaban J connectivity index is 1.30. The molecule has 1 fully saturated rings. The van der Waals surface area contributed by atoms with Gasteiger partial charge in [0.2, 0.25) is 0 Å². The zero-order chi connectivity index (χ0) is 20.9. The van der Waals surface area contributed by atoms with Crippen LogP contribution in [0.1, 0.15) is 29.3 Å². The second-order valence-electron chi connectivity index (χ2n) is 7.95. The van der Waals surface area contributed by atoms with Gasteiger partial charge in [0, 0.05) is 57.0 Å². The molecule has 3 heterocycles. The summed E-state index contributed by atoms with van der Waals surface area (Å²) < 4.78 is 5.79. The van der Waals surface area contributed by atoms with Crippen molar-refractivity contribution in [2.75, 3.05) is 38.7 Å². The number of ether oxygens (including phenoxy) is 1. The van der Waals surface area contributed by atoms with Gasteiger partial charge >= 0.3 is 0 Å². The van der Waals surface area contributed by atoms with Crippen molar-refractivity contribution in [1.82, 2.24) is 20.1 Å². The van der Waals surface area contributed by atoms with E-state index >= 15 is 0 Å². The topological polar surface area (TPSA) is 57.3 Å². The van der Waals surface area contributed by atoms with Gasteiger partial charge in [-0.25, -0.2) is 4.98 Å². The second kappa shape index (κ2) is 9.49. The Kier molecular flexibility index (Phi) is 6.55. The molecule has 0 bridgehead atoms. The molecule has 0 saturated carbocycles. The second-order valence-corrected chi connectivity index (χ2v) is 8.36.